The van der Waals surface area contributed by atoms with Gasteiger partial charge in [0.1, 0.15) is 19.0 Å². The fourth-order valence-electron chi connectivity index (χ4n) is 2.75. The largest absolute Gasteiger partial charge is 0.502 e. The second kappa shape index (κ2) is 6.88. The summed E-state index contributed by atoms with van der Waals surface area (Å²) in [5, 5.41) is 10.2. The van der Waals surface area contributed by atoms with Crippen molar-refractivity contribution in [2.24, 2.45) is 0 Å². The van der Waals surface area contributed by atoms with Gasteiger partial charge in [-0.3, -0.25) is 9.59 Å². The molecule has 0 saturated heterocycles. The van der Waals surface area contributed by atoms with Gasteiger partial charge in [0.15, 0.2) is 17.3 Å². The lowest BCUT2D eigenvalue weighted by atomic mass is 9.91. The third kappa shape index (κ3) is 3.45. The lowest BCUT2D eigenvalue weighted by Crippen LogP contribution is -2.17. The van der Waals surface area contributed by atoms with E-state index in [9.17, 15) is 14.7 Å². The zero-order chi connectivity index (χ0) is 18.0. The number of aromatic hydroxyl groups is 1. The number of hydrogen-bond donors (Lipinski definition) is 1. The average molecular weight is 346 g/mol. The van der Waals surface area contributed by atoms with E-state index >= 15 is 0 Å². The minimum absolute atomic E-state index is 0.0204. The summed E-state index contributed by atoms with van der Waals surface area (Å²) in [5.41, 5.74) is 0.0739. The van der Waals surface area contributed by atoms with Crippen LogP contribution in [-0.2, 0) is 9.53 Å². The molecular formula is C18H18O7. The SMILES string of the molecule is COC(=O)C[C@@H](c1ccc2c(c1)OCCO2)c1oc(C)cc(=O)c1O. The Morgan fingerprint density at radius 2 is 1.96 bits per heavy atom. The van der Waals surface area contributed by atoms with E-state index in [1.807, 2.05) is 0 Å². The van der Waals surface area contributed by atoms with Gasteiger partial charge in [0.2, 0.25) is 11.2 Å². The first-order chi connectivity index (χ1) is 12.0. The lowest BCUT2D eigenvalue weighted by Gasteiger charge is -2.22. The van der Waals surface area contributed by atoms with E-state index < -0.39 is 23.1 Å². The van der Waals surface area contributed by atoms with Crippen LogP contribution in [0.15, 0.2) is 33.5 Å². The van der Waals surface area contributed by atoms with Crippen molar-refractivity contribution in [2.45, 2.75) is 19.3 Å². The molecule has 0 saturated carbocycles. The molecule has 7 nitrogen and oxygen atoms in total. The molecule has 0 radical (unpaired) electrons. The van der Waals surface area contributed by atoms with E-state index in [2.05, 4.69) is 0 Å². The molecule has 2 heterocycles. The van der Waals surface area contributed by atoms with E-state index in [4.69, 9.17) is 18.6 Å². The summed E-state index contributed by atoms with van der Waals surface area (Å²) in [5.74, 6) is -0.221. The van der Waals surface area contributed by atoms with Crippen molar-refractivity contribution in [1.29, 1.82) is 0 Å². The molecule has 25 heavy (non-hydrogen) atoms. The number of ether oxygens (including phenoxy) is 3. The highest BCUT2D eigenvalue weighted by molar-refractivity contribution is 5.71. The molecule has 1 N–H and O–H groups in total. The number of rotatable bonds is 4. The number of benzene rings is 1. The van der Waals surface area contributed by atoms with Crippen LogP contribution in [0.3, 0.4) is 0 Å². The molecule has 1 aromatic heterocycles. The van der Waals surface area contributed by atoms with Gasteiger partial charge in [-0.25, -0.2) is 0 Å². The van der Waals surface area contributed by atoms with E-state index in [1.165, 1.54) is 13.2 Å². The predicted octanol–water partition coefficient (Wildman–Crippen LogP) is 2.12. The standard InChI is InChI=1S/C18H18O7/c1-10-7-13(19)17(21)18(25-10)12(9-16(20)22-2)11-3-4-14-15(8-11)24-6-5-23-14/h3-4,7-8,12,21H,5-6,9H2,1-2H3/t12-/m0/s1. The zero-order valence-corrected chi connectivity index (χ0v) is 13.9. The summed E-state index contributed by atoms with van der Waals surface area (Å²) in [6, 6.07) is 6.36. The van der Waals surface area contributed by atoms with Gasteiger partial charge in [0, 0.05) is 6.07 Å². The molecule has 1 aromatic carbocycles. The number of methoxy groups -OCH3 is 1. The van der Waals surface area contributed by atoms with E-state index in [0.717, 1.165) is 0 Å². The topological polar surface area (TPSA) is 95.2 Å². The Kier molecular flexibility index (Phi) is 4.65. The summed E-state index contributed by atoms with van der Waals surface area (Å²) in [7, 11) is 1.27. The number of carbonyl (C=O) groups excluding carboxylic acids is 1. The monoisotopic (exact) mass is 346 g/mol. The first kappa shape index (κ1) is 16.9. The van der Waals surface area contributed by atoms with Crippen LogP contribution in [0, 0.1) is 6.92 Å². The maximum absolute atomic E-state index is 11.9. The van der Waals surface area contributed by atoms with Gasteiger partial charge < -0.3 is 23.7 Å². The second-order valence-corrected chi connectivity index (χ2v) is 5.67. The maximum Gasteiger partial charge on any atom is 0.306 e. The summed E-state index contributed by atoms with van der Waals surface area (Å²) >= 11 is 0. The third-order valence-electron chi connectivity index (χ3n) is 3.96. The first-order valence-electron chi connectivity index (χ1n) is 7.79. The third-order valence-corrected chi connectivity index (χ3v) is 3.96. The normalized spacial score (nSPS) is 14.0. The van der Waals surface area contributed by atoms with Crippen LogP contribution < -0.4 is 14.9 Å². The Balaban J connectivity index is 2.10. The smallest absolute Gasteiger partial charge is 0.306 e. The Labute approximate surface area is 143 Å². The number of carbonyl (C=O) groups is 1. The van der Waals surface area contributed by atoms with Crippen LogP contribution in [0.4, 0.5) is 0 Å². The van der Waals surface area contributed by atoms with Crippen molar-refractivity contribution in [2.75, 3.05) is 20.3 Å². The van der Waals surface area contributed by atoms with Gasteiger partial charge in [-0.15, -0.1) is 0 Å². The van der Waals surface area contributed by atoms with E-state index in [1.54, 1.807) is 25.1 Å². The molecule has 0 fully saturated rings. The molecule has 1 aliphatic heterocycles. The van der Waals surface area contributed by atoms with Crippen LogP contribution >= 0.6 is 0 Å². The van der Waals surface area contributed by atoms with Gasteiger partial charge >= 0.3 is 5.97 Å². The van der Waals surface area contributed by atoms with Crippen LogP contribution in [0.25, 0.3) is 0 Å². The molecule has 0 bridgehead atoms. The molecule has 0 unspecified atom stereocenters. The molecule has 2 aromatic rings. The summed E-state index contributed by atoms with van der Waals surface area (Å²) in [6.45, 7) is 2.48. The highest BCUT2D eigenvalue weighted by atomic mass is 16.6. The molecule has 1 atom stereocenters. The molecule has 0 aliphatic carbocycles. The van der Waals surface area contributed by atoms with Gasteiger partial charge in [-0.2, -0.15) is 0 Å². The van der Waals surface area contributed by atoms with Crippen molar-refractivity contribution >= 4 is 5.97 Å². The van der Waals surface area contributed by atoms with Gasteiger partial charge in [-0.1, -0.05) is 6.07 Å². The van der Waals surface area contributed by atoms with Gasteiger partial charge in [0.25, 0.3) is 0 Å². The van der Waals surface area contributed by atoms with Crippen LogP contribution in [0.2, 0.25) is 0 Å². The number of aryl methyl sites for hydroxylation is 1. The van der Waals surface area contributed by atoms with Gasteiger partial charge in [-0.05, 0) is 24.6 Å². The maximum atomic E-state index is 11.9. The number of fused-ring (bicyclic) bond motifs is 1. The highest BCUT2D eigenvalue weighted by Gasteiger charge is 2.27. The summed E-state index contributed by atoms with van der Waals surface area (Å²) in [4.78, 5) is 23.8. The van der Waals surface area contributed by atoms with E-state index in [-0.39, 0.29) is 12.2 Å². The van der Waals surface area contributed by atoms with Crippen LogP contribution in [0.1, 0.15) is 29.4 Å². The summed E-state index contributed by atoms with van der Waals surface area (Å²) < 4.78 is 21.4. The van der Waals surface area contributed by atoms with Gasteiger partial charge in [0.05, 0.1) is 19.4 Å². The minimum Gasteiger partial charge on any atom is -0.502 e. The minimum atomic E-state index is -0.698. The fraction of sp³-hybridized carbons (Fsp3) is 0.333. The Bertz CT molecular complexity index is 853. The van der Waals surface area contributed by atoms with Crippen molar-refractivity contribution in [3.05, 3.63) is 51.6 Å². The molecule has 0 spiro atoms. The molecule has 3 rings (SSSR count). The van der Waals surface area contributed by atoms with Crippen molar-refractivity contribution < 1.29 is 28.5 Å². The molecule has 132 valence electrons. The van der Waals surface area contributed by atoms with Crippen LogP contribution in [0.5, 0.6) is 17.2 Å². The molecule has 0 amide bonds. The fourth-order valence-corrected chi connectivity index (χ4v) is 2.75. The first-order valence-corrected chi connectivity index (χ1v) is 7.79. The van der Waals surface area contributed by atoms with Crippen LogP contribution in [-0.4, -0.2) is 31.4 Å². The Morgan fingerprint density at radius 3 is 2.68 bits per heavy atom. The van der Waals surface area contributed by atoms with Crippen molar-refractivity contribution in [3.63, 3.8) is 0 Å². The second-order valence-electron chi connectivity index (χ2n) is 5.67. The molecular weight excluding hydrogens is 328 g/mol. The lowest BCUT2D eigenvalue weighted by molar-refractivity contribution is -0.140. The Hall–Kier alpha value is -2.96. The predicted molar refractivity (Wildman–Crippen MR) is 87.3 cm³/mol. The zero-order valence-electron chi connectivity index (χ0n) is 13.9. The molecule has 1 aliphatic rings. The van der Waals surface area contributed by atoms with E-state index in [0.29, 0.717) is 36.0 Å². The molecule has 7 heteroatoms. The quantitative estimate of drug-likeness (QED) is 0.847. The Morgan fingerprint density at radius 1 is 1.24 bits per heavy atom. The highest BCUT2D eigenvalue weighted by Crippen LogP contribution is 2.38. The summed E-state index contributed by atoms with van der Waals surface area (Å²) in [6.07, 6.45) is -0.101. The average Bonchev–Trinajstić information content (AvgIpc) is 2.62. The number of hydrogen-bond acceptors (Lipinski definition) is 7. The number of esters is 1. The van der Waals surface area contributed by atoms with Crippen molar-refractivity contribution in [1.82, 2.24) is 0 Å². The van der Waals surface area contributed by atoms with Crippen molar-refractivity contribution in [3.8, 4) is 17.2 Å².